The molecule has 0 fully saturated rings. The first kappa shape index (κ1) is 11.2. The van der Waals surface area contributed by atoms with Crippen molar-refractivity contribution in [2.75, 3.05) is 6.54 Å². The Bertz CT molecular complexity index is 404. The van der Waals surface area contributed by atoms with Crippen molar-refractivity contribution < 1.29 is 19.1 Å². The molecule has 0 aliphatic rings. The third kappa shape index (κ3) is 3.05. The lowest BCUT2D eigenvalue weighted by Gasteiger charge is -2.04. The minimum absolute atomic E-state index is 0.151. The Balaban J connectivity index is 2.78. The second-order valence-electron chi connectivity index (χ2n) is 3.06. The molecule has 0 aliphatic heterocycles. The number of carboxylic acids is 1. The fourth-order valence-corrected chi connectivity index (χ4v) is 1.06. The van der Waals surface area contributed by atoms with Crippen molar-refractivity contribution in [3.8, 4) is 0 Å². The average Bonchev–Trinajstić information content (AvgIpc) is 2.14. The molecule has 0 spiro atoms. The third-order valence-electron chi connectivity index (χ3n) is 1.77. The molecule has 80 valence electrons. The monoisotopic (exact) mass is 211 g/mol. The molecule has 0 aromatic heterocycles. The van der Waals surface area contributed by atoms with Crippen molar-refractivity contribution in [3.05, 3.63) is 35.1 Å². The van der Waals surface area contributed by atoms with Gasteiger partial charge in [0.2, 0.25) is 0 Å². The molecule has 0 radical (unpaired) electrons. The molecule has 0 atom stereocenters. The molecule has 4 nitrogen and oxygen atoms in total. The van der Waals surface area contributed by atoms with Crippen LogP contribution in [0.25, 0.3) is 0 Å². The van der Waals surface area contributed by atoms with Crippen molar-refractivity contribution in [1.82, 2.24) is 5.32 Å². The molecule has 1 aromatic rings. The molecule has 2 N–H and O–H groups in total. The highest BCUT2D eigenvalue weighted by Gasteiger charge is 2.11. The summed E-state index contributed by atoms with van der Waals surface area (Å²) in [4.78, 5) is 21.4. The minimum atomic E-state index is -1.17. The molecule has 15 heavy (non-hydrogen) atoms. The zero-order chi connectivity index (χ0) is 11.4. The molecule has 1 amide bonds. The van der Waals surface area contributed by atoms with Crippen molar-refractivity contribution >= 4 is 11.9 Å². The number of carboxylic acid groups (broad SMARTS) is 1. The summed E-state index contributed by atoms with van der Waals surface area (Å²) in [5.74, 6) is -2.55. The zero-order valence-corrected chi connectivity index (χ0v) is 8.08. The fourth-order valence-electron chi connectivity index (χ4n) is 1.06. The SMILES string of the molecule is Cc1ccc(C(=O)NCC(=O)O)c(F)c1. The van der Waals surface area contributed by atoms with Crippen molar-refractivity contribution in [2.45, 2.75) is 6.92 Å². The predicted octanol–water partition coefficient (Wildman–Crippen LogP) is 0.949. The minimum Gasteiger partial charge on any atom is -0.480 e. The van der Waals surface area contributed by atoms with Crippen molar-refractivity contribution in [2.24, 2.45) is 0 Å². The second kappa shape index (κ2) is 4.54. The Hall–Kier alpha value is -1.91. The van der Waals surface area contributed by atoms with E-state index < -0.39 is 24.2 Å². The zero-order valence-electron chi connectivity index (χ0n) is 8.08. The summed E-state index contributed by atoms with van der Waals surface area (Å²) in [5, 5.41) is 10.4. The highest BCUT2D eigenvalue weighted by molar-refractivity contribution is 5.96. The molecule has 1 aromatic carbocycles. The van der Waals surface area contributed by atoms with E-state index in [1.165, 1.54) is 12.1 Å². The van der Waals surface area contributed by atoms with Gasteiger partial charge in [-0.1, -0.05) is 6.07 Å². The van der Waals surface area contributed by atoms with Gasteiger partial charge in [0.15, 0.2) is 0 Å². The lowest BCUT2D eigenvalue weighted by Crippen LogP contribution is -2.29. The third-order valence-corrected chi connectivity index (χ3v) is 1.77. The van der Waals surface area contributed by atoms with E-state index in [4.69, 9.17) is 5.11 Å². The number of carbonyl (C=O) groups excluding carboxylic acids is 1. The smallest absolute Gasteiger partial charge is 0.322 e. The summed E-state index contributed by atoms with van der Waals surface area (Å²) in [6.07, 6.45) is 0. The Morgan fingerprint density at radius 3 is 2.67 bits per heavy atom. The Morgan fingerprint density at radius 2 is 2.13 bits per heavy atom. The first-order valence-corrected chi connectivity index (χ1v) is 4.27. The van der Waals surface area contributed by atoms with Gasteiger partial charge in [0.1, 0.15) is 12.4 Å². The van der Waals surface area contributed by atoms with Crippen LogP contribution in [0.1, 0.15) is 15.9 Å². The number of aliphatic carboxylic acids is 1. The van der Waals surface area contributed by atoms with Crippen LogP contribution in [-0.2, 0) is 4.79 Å². The van der Waals surface area contributed by atoms with Crippen LogP contribution in [0.5, 0.6) is 0 Å². The van der Waals surface area contributed by atoms with Gasteiger partial charge >= 0.3 is 5.97 Å². The summed E-state index contributed by atoms with van der Waals surface area (Å²) < 4.78 is 13.2. The van der Waals surface area contributed by atoms with E-state index in [1.807, 2.05) is 0 Å². The van der Waals surface area contributed by atoms with Crippen LogP contribution >= 0.6 is 0 Å². The maximum absolute atomic E-state index is 13.2. The number of aryl methyl sites for hydroxylation is 1. The van der Waals surface area contributed by atoms with Gasteiger partial charge in [-0.3, -0.25) is 9.59 Å². The summed E-state index contributed by atoms with van der Waals surface area (Å²) in [5.41, 5.74) is 0.545. The topological polar surface area (TPSA) is 66.4 Å². The van der Waals surface area contributed by atoms with Crippen LogP contribution in [0, 0.1) is 12.7 Å². The van der Waals surface area contributed by atoms with Gasteiger partial charge in [0.05, 0.1) is 5.56 Å². The number of benzene rings is 1. The molecule has 0 saturated carbocycles. The Kier molecular flexibility index (Phi) is 3.38. The molecule has 0 unspecified atom stereocenters. The van der Waals surface area contributed by atoms with Crippen LogP contribution in [0.15, 0.2) is 18.2 Å². The quantitative estimate of drug-likeness (QED) is 0.782. The lowest BCUT2D eigenvalue weighted by molar-refractivity contribution is -0.135. The molecule has 0 bridgehead atoms. The number of amides is 1. The van der Waals surface area contributed by atoms with Crippen molar-refractivity contribution in [3.63, 3.8) is 0 Å². The molecular weight excluding hydrogens is 201 g/mol. The highest BCUT2D eigenvalue weighted by atomic mass is 19.1. The first-order chi connectivity index (χ1) is 7.00. The summed E-state index contributed by atoms with van der Waals surface area (Å²) in [6.45, 7) is 1.17. The summed E-state index contributed by atoms with van der Waals surface area (Å²) >= 11 is 0. The van der Waals surface area contributed by atoms with Crippen molar-refractivity contribution in [1.29, 1.82) is 0 Å². The van der Waals surface area contributed by atoms with E-state index in [0.717, 1.165) is 0 Å². The van der Waals surface area contributed by atoms with Gasteiger partial charge < -0.3 is 10.4 Å². The number of rotatable bonds is 3. The number of hydrogen-bond acceptors (Lipinski definition) is 2. The van der Waals surface area contributed by atoms with E-state index in [0.29, 0.717) is 5.56 Å². The van der Waals surface area contributed by atoms with E-state index in [-0.39, 0.29) is 5.56 Å². The van der Waals surface area contributed by atoms with Gasteiger partial charge in [-0.05, 0) is 24.6 Å². The largest absolute Gasteiger partial charge is 0.480 e. The standard InChI is InChI=1S/C10H10FNO3/c1-6-2-3-7(8(11)4-6)10(15)12-5-9(13)14/h2-4H,5H2,1H3,(H,12,15)(H,13,14). The molecular formula is C10H10FNO3. The fraction of sp³-hybridized carbons (Fsp3) is 0.200. The van der Waals surface area contributed by atoms with Crippen LogP contribution in [0.2, 0.25) is 0 Å². The average molecular weight is 211 g/mol. The summed E-state index contributed by atoms with van der Waals surface area (Å²) in [7, 11) is 0. The van der Waals surface area contributed by atoms with Crippen LogP contribution in [0.3, 0.4) is 0 Å². The molecule has 1 rings (SSSR count). The maximum atomic E-state index is 13.2. The Labute approximate surface area is 85.7 Å². The van der Waals surface area contributed by atoms with Crippen LogP contribution in [0.4, 0.5) is 4.39 Å². The van der Waals surface area contributed by atoms with E-state index in [2.05, 4.69) is 5.32 Å². The van der Waals surface area contributed by atoms with Gasteiger partial charge in [0.25, 0.3) is 5.91 Å². The Morgan fingerprint density at radius 1 is 1.47 bits per heavy atom. The van der Waals surface area contributed by atoms with Gasteiger partial charge in [0, 0.05) is 0 Å². The van der Waals surface area contributed by atoms with E-state index in [1.54, 1.807) is 13.0 Å². The van der Waals surface area contributed by atoms with Gasteiger partial charge in [-0.25, -0.2) is 4.39 Å². The number of halogens is 1. The van der Waals surface area contributed by atoms with Gasteiger partial charge in [-0.15, -0.1) is 0 Å². The highest BCUT2D eigenvalue weighted by Crippen LogP contribution is 2.09. The molecule has 0 saturated heterocycles. The van der Waals surface area contributed by atoms with Crippen LogP contribution in [-0.4, -0.2) is 23.5 Å². The van der Waals surface area contributed by atoms with E-state index in [9.17, 15) is 14.0 Å². The first-order valence-electron chi connectivity index (χ1n) is 4.27. The number of nitrogens with one attached hydrogen (secondary N) is 1. The number of hydrogen-bond donors (Lipinski definition) is 2. The van der Waals surface area contributed by atoms with Crippen LogP contribution < -0.4 is 5.32 Å². The maximum Gasteiger partial charge on any atom is 0.322 e. The second-order valence-corrected chi connectivity index (χ2v) is 3.06. The molecule has 0 heterocycles. The van der Waals surface area contributed by atoms with Gasteiger partial charge in [-0.2, -0.15) is 0 Å². The lowest BCUT2D eigenvalue weighted by atomic mass is 10.1. The molecule has 0 aliphatic carbocycles. The normalized spacial score (nSPS) is 9.73. The van der Waals surface area contributed by atoms with E-state index >= 15 is 0 Å². The molecule has 5 heteroatoms. The predicted molar refractivity (Wildman–Crippen MR) is 51.1 cm³/mol. The summed E-state index contributed by atoms with van der Waals surface area (Å²) in [6, 6.07) is 4.12. The number of carbonyl (C=O) groups is 2.